The Bertz CT molecular complexity index is 1270. The summed E-state index contributed by atoms with van der Waals surface area (Å²) in [5, 5.41) is 3.25. The molecule has 2 aliphatic heterocycles. The molecule has 1 aromatic carbocycles. The fraction of sp³-hybridized carbons (Fsp3) is 0.346. The Morgan fingerprint density at radius 1 is 1.03 bits per heavy atom. The van der Waals surface area contributed by atoms with Gasteiger partial charge in [-0.1, -0.05) is 12.1 Å². The van der Waals surface area contributed by atoms with Gasteiger partial charge in [-0.25, -0.2) is 9.56 Å². The first-order valence-electron chi connectivity index (χ1n) is 11.8. The molecule has 0 unspecified atom stereocenters. The number of anilines is 4. The first-order valence-corrected chi connectivity index (χ1v) is 11.8. The van der Waals surface area contributed by atoms with Crippen LogP contribution >= 0.6 is 0 Å². The molecule has 2 aromatic heterocycles. The lowest BCUT2D eigenvalue weighted by Gasteiger charge is -2.17. The number of hydrogen-bond donors (Lipinski definition) is 1. The van der Waals surface area contributed by atoms with Gasteiger partial charge in [-0.05, 0) is 30.2 Å². The van der Waals surface area contributed by atoms with Crippen molar-refractivity contribution in [1.29, 1.82) is 0 Å². The lowest BCUT2D eigenvalue weighted by molar-refractivity contribution is -0.465. The second-order valence-electron chi connectivity index (χ2n) is 9.00. The summed E-state index contributed by atoms with van der Waals surface area (Å²) in [6.07, 6.45) is 7.97. The van der Waals surface area contributed by atoms with Crippen molar-refractivity contribution in [1.82, 2.24) is 15.0 Å². The molecule has 0 atom stereocenters. The van der Waals surface area contributed by atoms with Crippen molar-refractivity contribution in [2.45, 2.75) is 19.3 Å². The lowest BCUT2D eigenvalue weighted by atomic mass is 10.1. The van der Waals surface area contributed by atoms with Crippen LogP contribution in [0.1, 0.15) is 19.3 Å². The Morgan fingerprint density at radius 2 is 1.86 bits per heavy atom. The molecule has 2 aliphatic rings. The quantitative estimate of drug-likeness (QED) is 0.551. The molecule has 35 heavy (non-hydrogen) atoms. The maximum atomic E-state index is 12.0. The molecule has 0 aliphatic carbocycles. The molecule has 4 heterocycles. The molecule has 9 heteroatoms. The van der Waals surface area contributed by atoms with Crippen molar-refractivity contribution in [2.24, 2.45) is 0 Å². The minimum Gasteiger partial charge on any atom is -0.480 e. The number of methoxy groups -OCH3 is 1. The minimum absolute atomic E-state index is 0.175. The average molecular weight is 473 g/mol. The molecule has 9 nitrogen and oxygen atoms in total. The van der Waals surface area contributed by atoms with E-state index in [1.807, 2.05) is 35.4 Å². The number of pyridine rings is 1. The predicted molar refractivity (Wildman–Crippen MR) is 137 cm³/mol. The summed E-state index contributed by atoms with van der Waals surface area (Å²) in [7, 11) is 5.78. The van der Waals surface area contributed by atoms with Gasteiger partial charge in [-0.15, -0.1) is 0 Å². The zero-order chi connectivity index (χ0) is 24.4. The van der Waals surface area contributed by atoms with E-state index in [1.165, 1.54) is 5.71 Å². The smallest absolute Gasteiger partial charge is 0.230 e. The molecule has 3 aromatic rings. The number of rotatable bonds is 6. The zero-order valence-electron chi connectivity index (χ0n) is 20.4. The molecule has 0 bridgehead atoms. The van der Waals surface area contributed by atoms with Gasteiger partial charge in [0.05, 0.1) is 43.0 Å². The molecule has 0 saturated carbocycles. The lowest BCUT2D eigenvalue weighted by Crippen LogP contribution is -2.23. The SMILES string of the molecule is COc1nc(Nc2cncc(N3CCC(=[N+](C)C)C3)c2)ncc1-c1ccc(N2CCCC2=O)cc1. The number of amides is 1. The van der Waals surface area contributed by atoms with Crippen molar-refractivity contribution in [2.75, 3.05) is 56.0 Å². The first-order chi connectivity index (χ1) is 17.0. The number of nitrogens with zero attached hydrogens (tertiary/aromatic N) is 6. The maximum absolute atomic E-state index is 12.0. The van der Waals surface area contributed by atoms with Gasteiger partial charge in [-0.3, -0.25) is 9.78 Å². The van der Waals surface area contributed by atoms with E-state index >= 15 is 0 Å². The predicted octanol–water partition coefficient (Wildman–Crippen LogP) is 3.34. The van der Waals surface area contributed by atoms with E-state index < -0.39 is 0 Å². The zero-order valence-corrected chi connectivity index (χ0v) is 20.4. The van der Waals surface area contributed by atoms with E-state index in [1.54, 1.807) is 19.5 Å². The highest BCUT2D eigenvalue weighted by atomic mass is 16.5. The highest BCUT2D eigenvalue weighted by Crippen LogP contribution is 2.32. The number of carbonyl (C=O) groups excluding carboxylic acids is 1. The highest BCUT2D eigenvalue weighted by molar-refractivity contribution is 5.95. The van der Waals surface area contributed by atoms with Crippen LogP contribution in [0.25, 0.3) is 11.1 Å². The van der Waals surface area contributed by atoms with Crippen LogP contribution in [0.2, 0.25) is 0 Å². The van der Waals surface area contributed by atoms with Gasteiger partial charge in [0, 0.05) is 37.8 Å². The van der Waals surface area contributed by atoms with Crippen molar-refractivity contribution < 1.29 is 14.1 Å². The first kappa shape index (κ1) is 22.8. The summed E-state index contributed by atoms with van der Waals surface area (Å²) in [5.74, 6) is 1.08. The molecule has 2 saturated heterocycles. The fourth-order valence-corrected chi connectivity index (χ4v) is 4.55. The summed E-state index contributed by atoms with van der Waals surface area (Å²) >= 11 is 0. The maximum Gasteiger partial charge on any atom is 0.230 e. The average Bonchev–Trinajstić information content (AvgIpc) is 3.54. The third kappa shape index (κ3) is 4.80. The topological polar surface area (TPSA) is 86.5 Å². The Kier molecular flexibility index (Phi) is 6.31. The van der Waals surface area contributed by atoms with E-state index in [4.69, 9.17) is 4.74 Å². The van der Waals surface area contributed by atoms with Crippen LogP contribution in [0.15, 0.2) is 48.9 Å². The van der Waals surface area contributed by atoms with Crippen molar-refractivity contribution >= 4 is 34.6 Å². The summed E-state index contributed by atoms with van der Waals surface area (Å²) in [6.45, 7) is 2.65. The van der Waals surface area contributed by atoms with Gasteiger partial charge < -0.3 is 19.9 Å². The van der Waals surface area contributed by atoms with Gasteiger partial charge in [0.25, 0.3) is 0 Å². The Balaban J connectivity index is 1.33. The number of ether oxygens (including phenoxy) is 1. The highest BCUT2D eigenvalue weighted by Gasteiger charge is 2.24. The number of carbonyl (C=O) groups is 1. The molecule has 0 radical (unpaired) electrons. The molecule has 180 valence electrons. The Morgan fingerprint density at radius 3 is 2.54 bits per heavy atom. The van der Waals surface area contributed by atoms with Crippen LogP contribution < -0.4 is 19.9 Å². The van der Waals surface area contributed by atoms with E-state index in [0.717, 1.165) is 60.7 Å². The van der Waals surface area contributed by atoms with Gasteiger partial charge >= 0.3 is 0 Å². The summed E-state index contributed by atoms with van der Waals surface area (Å²) < 4.78 is 7.77. The van der Waals surface area contributed by atoms with Gasteiger partial charge in [0.15, 0.2) is 5.71 Å². The number of benzene rings is 1. The number of aromatic nitrogens is 3. The number of nitrogens with one attached hydrogen (secondary N) is 1. The summed E-state index contributed by atoms with van der Waals surface area (Å²) in [5.41, 5.74) is 5.91. The molecular formula is C26H30N7O2+. The van der Waals surface area contributed by atoms with Crippen molar-refractivity contribution in [3.05, 3.63) is 48.9 Å². The van der Waals surface area contributed by atoms with Crippen LogP contribution in [-0.2, 0) is 4.79 Å². The molecule has 5 rings (SSSR count). The number of hydrogen-bond acceptors (Lipinski definition) is 7. The minimum atomic E-state index is 0.175. The fourth-order valence-electron chi connectivity index (χ4n) is 4.55. The Labute approximate surface area is 205 Å². The summed E-state index contributed by atoms with van der Waals surface area (Å²) in [6, 6.07) is 9.92. The molecule has 2 fully saturated rings. The van der Waals surface area contributed by atoms with Crippen molar-refractivity contribution in [3.8, 4) is 17.0 Å². The molecule has 1 amide bonds. The van der Waals surface area contributed by atoms with Crippen LogP contribution in [0.5, 0.6) is 5.88 Å². The van der Waals surface area contributed by atoms with Gasteiger partial charge in [0.2, 0.25) is 17.7 Å². The normalized spacial score (nSPS) is 15.6. The van der Waals surface area contributed by atoms with E-state index in [9.17, 15) is 4.79 Å². The second kappa shape index (κ2) is 9.69. The second-order valence-corrected chi connectivity index (χ2v) is 9.00. The standard InChI is InChI=1S/C26H30N7O2/c1-31(2)21-10-12-32(17-21)22-13-19(14-27-15-22)29-26-28-16-23(25(30-26)35-3)18-6-8-20(9-7-18)33-11-4-5-24(33)34/h6-9,13-16H,4-5,10-12,17H2,1-3H3,(H,28,29,30)/q+1. The van der Waals surface area contributed by atoms with Crippen LogP contribution in [0.4, 0.5) is 23.0 Å². The summed E-state index contributed by atoms with van der Waals surface area (Å²) in [4.78, 5) is 29.7. The van der Waals surface area contributed by atoms with Crippen molar-refractivity contribution in [3.63, 3.8) is 0 Å². The molecule has 0 spiro atoms. The van der Waals surface area contributed by atoms with Gasteiger partial charge in [-0.2, -0.15) is 4.98 Å². The van der Waals surface area contributed by atoms with E-state index in [2.05, 4.69) is 49.9 Å². The monoisotopic (exact) mass is 472 g/mol. The largest absolute Gasteiger partial charge is 0.480 e. The van der Waals surface area contributed by atoms with Crippen LogP contribution in [0.3, 0.4) is 0 Å². The van der Waals surface area contributed by atoms with E-state index in [0.29, 0.717) is 18.2 Å². The van der Waals surface area contributed by atoms with Crippen LogP contribution in [-0.4, -0.2) is 72.0 Å². The van der Waals surface area contributed by atoms with E-state index in [-0.39, 0.29) is 5.91 Å². The third-order valence-corrected chi connectivity index (χ3v) is 6.53. The Hall–Kier alpha value is -4.01. The third-order valence-electron chi connectivity index (χ3n) is 6.53. The molecular weight excluding hydrogens is 442 g/mol. The van der Waals surface area contributed by atoms with Gasteiger partial charge in [0.1, 0.15) is 14.1 Å². The van der Waals surface area contributed by atoms with Crippen LogP contribution in [0, 0.1) is 0 Å². The molecule has 1 N–H and O–H groups in total.